The lowest BCUT2D eigenvalue weighted by Crippen LogP contribution is -2.76. The standard InChI is InChI=1S/C17H9F21N/c1-2-39-6-4-3-5-7(39)8(18,19)9(20,21)10(22,23)11(24,25)12(26,27)13(28,29)14(30,31)15(32,33)16(34,35)17(36,37)38/h3-6H,2H2,1H3/q+1. The molecule has 0 aromatic carbocycles. The zero-order valence-electron chi connectivity index (χ0n) is 17.9. The number of nitrogens with zero attached hydrogens (tertiary/aromatic N) is 1. The van der Waals surface area contributed by atoms with Crippen LogP contribution in [-0.2, 0) is 12.5 Å². The Hall–Kier alpha value is -2.32. The van der Waals surface area contributed by atoms with Crippen molar-refractivity contribution in [3.63, 3.8) is 0 Å². The number of aromatic nitrogens is 1. The second-order valence-corrected chi connectivity index (χ2v) is 7.54. The number of aryl methyl sites for hydroxylation is 1. The quantitative estimate of drug-likeness (QED) is 0.185. The van der Waals surface area contributed by atoms with Gasteiger partial charge in [-0.25, -0.2) is 0 Å². The minimum Gasteiger partial charge on any atom is -0.197 e. The first-order valence-corrected chi connectivity index (χ1v) is 9.26. The van der Waals surface area contributed by atoms with Crippen LogP contribution in [0.2, 0.25) is 0 Å². The number of hydrogen-bond donors (Lipinski definition) is 0. The minimum atomic E-state index is -9.17. The summed E-state index contributed by atoms with van der Waals surface area (Å²) in [7, 11) is 0. The third kappa shape index (κ3) is 4.24. The SMILES string of the molecule is CC[n+]1ccccc1C(F)(F)C(F)(F)C(F)(F)C(F)(F)C(F)(F)C(F)(F)C(F)(F)C(F)(F)C(F)(F)C(F)(F)F. The van der Waals surface area contributed by atoms with E-state index in [-0.39, 0.29) is 10.6 Å². The van der Waals surface area contributed by atoms with Crippen molar-refractivity contribution < 1.29 is 96.8 Å². The van der Waals surface area contributed by atoms with Crippen LogP contribution in [-0.4, -0.2) is 53.6 Å². The van der Waals surface area contributed by atoms with E-state index in [0.29, 0.717) is 12.3 Å². The van der Waals surface area contributed by atoms with Crippen molar-refractivity contribution in [3.8, 4) is 0 Å². The maximum Gasteiger partial charge on any atom is 0.460 e. The predicted molar refractivity (Wildman–Crippen MR) is 81.8 cm³/mol. The van der Waals surface area contributed by atoms with Gasteiger partial charge in [-0.1, -0.05) is 0 Å². The fourth-order valence-electron chi connectivity index (χ4n) is 2.76. The summed E-state index contributed by atoms with van der Waals surface area (Å²) in [5, 5.41) is 0. The Morgan fingerprint density at radius 3 is 1.08 bits per heavy atom. The van der Waals surface area contributed by atoms with Gasteiger partial charge in [-0.3, -0.25) is 0 Å². The monoisotopic (exact) mass is 626 g/mol. The molecular weight excluding hydrogens is 617 g/mol. The molecule has 0 atom stereocenters. The lowest BCUT2D eigenvalue weighted by Gasteiger charge is -2.44. The number of rotatable bonds is 10. The van der Waals surface area contributed by atoms with Gasteiger partial charge in [-0.15, -0.1) is 0 Å². The fraction of sp³-hybridized carbons (Fsp3) is 0.706. The van der Waals surface area contributed by atoms with Crippen LogP contribution in [0.5, 0.6) is 0 Å². The number of pyridine rings is 1. The summed E-state index contributed by atoms with van der Waals surface area (Å²) in [5.74, 6) is -77.1. The smallest absolute Gasteiger partial charge is 0.197 e. The topological polar surface area (TPSA) is 3.88 Å². The Bertz CT molecular complexity index is 1040. The molecule has 1 rings (SSSR count). The van der Waals surface area contributed by atoms with Gasteiger partial charge < -0.3 is 0 Å². The fourth-order valence-corrected chi connectivity index (χ4v) is 2.76. The summed E-state index contributed by atoms with van der Waals surface area (Å²) in [4.78, 5) is 0. The average molecular weight is 626 g/mol. The number of halogens is 21. The summed E-state index contributed by atoms with van der Waals surface area (Å²) in [5.41, 5.74) is -2.40. The molecule has 1 nitrogen and oxygen atoms in total. The summed E-state index contributed by atoms with van der Waals surface area (Å²) >= 11 is 0. The van der Waals surface area contributed by atoms with Crippen molar-refractivity contribution in [2.24, 2.45) is 0 Å². The summed E-state index contributed by atoms with van der Waals surface area (Å²) in [6, 6.07) is 0.891. The number of alkyl halides is 21. The van der Waals surface area contributed by atoms with Gasteiger partial charge in [0.1, 0.15) is 6.54 Å². The molecule has 0 aliphatic heterocycles. The van der Waals surface area contributed by atoms with Gasteiger partial charge >= 0.3 is 59.5 Å². The Morgan fingerprint density at radius 2 is 0.769 bits per heavy atom. The van der Waals surface area contributed by atoms with Crippen LogP contribution in [0.1, 0.15) is 12.6 Å². The molecule has 0 aliphatic carbocycles. The predicted octanol–water partition coefficient (Wildman–Crippen LogP) is 7.73. The summed E-state index contributed by atoms with van der Waals surface area (Å²) in [6.07, 6.45) is -7.61. The van der Waals surface area contributed by atoms with Crippen molar-refractivity contribution in [1.29, 1.82) is 0 Å². The van der Waals surface area contributed by atoms with Crippen molar-refractivity contribution in [1.82, 2.24) is 0 Å². The molecule has 0 aliphatic rings. The maximum atomic E-state index is 14.3. The van der Waals surface area contributed by atoms with E-state index in [1.165, 1.54) is 0 Å². The van der Waals surface area contributed by atoms with E-state index >= 15 is 0 Å². The van der Waals surface area contributed by atoms with Crippen molar-refractivity contribution in [2.75, 3.05) is 0 Å². The lowest BCUT2D eigenvalue weighted by atomic mass is 9.85. The normalized spacial score (nSPS) is 16.1. The summed E-state index contributed by atoms with van der Waals surface area (Å²) in [6.45, 7) is -0.0368. The van der Waals surface area contributed by atoms with Gasteiger partial charge in [-0.2, -0.15) is 96.8 Å². The van der Waals surface area contributed by atoms with E-state index in [9.17, 15) is 92.2 Å². The Kier molecular flexibility index (Phi) is 8.10. The molecule has 0 unspecified atom stereocenters. The zero-order chi connectivity index (χ0) is 31.7. The minimum absolute atomic E-state index is 0.108. The lowest BCUT2D eigenvalue weighted by molar-refractivity contribution is -0.712. The zero-order valence-corrected chi connectivity index (χ0v) is 17.9. The van der Waals surface area contributed by atoms with E-state index < -0.39 is 71.7 Å². The Morgan fingerprint density at radius 1 is 0.462 bits per heavy atom. The first kappa shape index (κ1) is 34.7. The first-order chi connectivity index (χ1) is 16.8. The van der Waals surface area contributed by atoms with Crippen LogP contribution in [0.25, 0.3) is 0 Å². The van der Waals surface area contributed by atoms with Crippen LogP contribution < -0.4 is 4.57 Å². The molecule has 0 spiro atoms. The van der Waals surface area contributed by atoms with E-state index in [1.54, 1.807) is 0 Å². The van der Waals surface area contributed by atoms with Crippen LogP contribution in [0.3, 0.4) is 0 Å². The molecule has 0 saturated carbocycles. The van der Waals surface area contributed by atoms with Crippen LogP contribution in [0, 0.1) is 0 Å². The van der Waals surface area contributed by atoms with Gasteiger partial charge in [0.2, 0.25) is 0 Å². The van der Waals surface area contributed by atoms with Crippen LogP contribution in [0.15, 0.2) is 24.4 Å². The third-order valence-electron chi connectivity index (χ3n) is 5.11. The Labute approximate surface area is 201 Å². The van der Waals surface area contributed by atoms with E-state index in [4.69, 9.17) is 0 Å². The van der Waals surface area contributed by atoms with Crippen molar-refractivity contribution in [3.05, 3.63) is 30.1 Å². The van der Waals surface area contributed by atoms with Gasteiger partial charge in [-0.05, 0) is 13.0 Å². The Balaban J connectivity index is 3.87. The highest BCUT2D eigenvalue weighted by Gasteiger charge is 2.98. The molecule has 0 amide bonds. The maximum absolute atomic E-state index is 14.3. The highest BCUT2D eigenvalue weighted by Crippen LogP contribution is 2.66. The van der Waals surface area contributed by atoms with Gasteiger partial charge in [0, 0.05) is 12.1 Å². The molecule has 228 valence electrons. The van der Waals surface area contributed by atoms with E-state index in [2.05, 4.69) is 0 Å². The number of hydrogen-bond acceptors (Lipinski definition) is 0. The van der Waals surface area contributed by atoms with Crippen molar-refractivity contribution in [2.45, 2.75) is 72.9 Å². The van der Waals surface area contributed by atoms with Gasteiger partial charge in [0.05, 0.1) is 0 Å². The molecule has 0 radical (unpaired) electrons. The highest BCUT2D eigenvalue weighted by atomic mass is 19.4. The molecule has 1 heterocycles. The molecule has 39 heavy (non-hydrogen) atoms. The molecule has 1 aromatic heterocycles. The van der Waals surface area contributed by atoms with E-state index in [1.807, 2.05) is 0 Å². The van der Waals surface area contributed by atoms with E-state index in [0.717, 1.165) is 13.0 Å². The second-order valence-electron chi connectivity index (χ2n) is 7.54. The highest BCUT2D eigenvalue weighted by molar-refractivity contribution is 5.20. The summed E-state index contributed by atoms with van der Waals surface area (Å²) < 4.78 is 282. The van der Waals surface area contributed by atoms with Gasteiger partial charge in [0.15, 0.2) is 6.20 Å². The molecule has 22 heteroatoms. The molecule has 0 saturated heterocycles. The van der Waals surface area contributed by atoms with Crippen molar-refractivity contribution >= 4 is 0 Å². The third-order valence-corrected chi connectivity index (χ3v) is 5.11. The largest absolute Gasteiger partial charge is 0.460 e. The van der Waals surface area contributed by atoms with Crippen LogP contribution >= 0.6 is 0 Å². The van der Waals surface area contributed by atoms with Gasteiger partial charge in [0.25, 0.3) is 5.69 Å². The first-order valence-electron chi connectivity index (χ1n) is 9.26. The molecule has 0 N–H and O–H groups in total. The average Bonchev–Trinajstić information content (AvgIpc) is 2.76. The molecule has 0 bridgehead atoms. The molecule has 1 aromatic rings. The van der Waals surface area contributed by atoms with Crippen LogP contribution in [0.4, 0.5) is 92.2 Å². The second kappa shape index (κ2) is 9.10. The molecule has 0 fully saturated rings. The molecular formula is C17H9F21N+.